The van der Waals surface area contributed by atoms with Gasteiger partial charge in [0.1, 0.15) is 11.6 Å². The van der Waals surface area contributed by atoms with Gasteiger partial charge in [-0.3, -0.25) is 4.79 Å². The van der Waals surface area contributed by atoms with Gasteiger partial charge in [0.05, 0.1) is 11.3 Å². The Morgan fingerprint density at radius 2 is 1.89 bits per heavy atom. The van der Waals surface area contributed by atoms with E-state index >= 15 is 0 Å². The largest absolute Gasteiger partial charge is 0.348 e. The molecule has 3 aromatic rings. The van der Waals surface area contributed by atoms with Crippen LogP contribution >= 0.6 is 11.6 Å². The third kappa shape index (κ3) is 5.33. The highest BCUT2D eigenvalue weighted by atomic mass is 35.5. The number of carbonyl (C=O) groups is 1. The van der Waals surface area contributed by atoms with Crippen LogP contribution in [0.3, 0.4) is 0 Å². The second-order valence-corrected chi connectivity index (χ2v) is 10.8. The zero-order valence-corrected chi connectivity index (χ0v) is 21.7. The average Bonchev–Trinajstić information content (AvgIpc) is 3.39. The van der Waals surface area contributed by atoms with Crippen molar-refractivity contribution < 1.29 is 13.6 Å². The van der Waals surface area contributed by atoms with Gasteiger partial charge in [0.2, 0.25) is 5.95 Å². The van der Waals surface area contributed by atoms with E-state index in [9.17, 15) is 13.6 Å². The molecule has 1 N–H and O–H groups in total. The van der Waals surface area contributed by atoms with E-state index in [0.29, 0.717) is 28.1 Å². The first-order valence-electron chi connectivity index (χ1n) is 13.0. The third-order valence-corrected chi connectivity index (χ3v) is 7.97. The van der Waals surface area contributed by atoms with Crippen LogP contribution in [-0.4, -0.2) is 29.0 Å². The lowest BCUT2D eigenvalue weighted by Crippen LogP contribution is -2.37. The molecule has 1 saturated heterocycles. The van der Waals surface area contributed by atoms with Crippen molar-refractivity contribution in [3.8, 4) is 0 Å². The monoisotopic (exact) mass is 524 g/mol. The van der Waals surface area contributed by atoms with Gasteiger partial charge in [0, 0.05) is 47.9 Å². The second-order valence-electron chi connectivity index (χ2n) is 10.3. The second kappa shape index (κ2) is 10.7. The summed E-state index contributed by atoms with van der Waals surface area (Å²) >= 11 is 6.20. The molecule has 2 aliphatic rings. The van der Waals surface area contributed by atoms with Gasteiger partial charge in [-0.25, -0.2) is 18.7 Å². The normalized spacial score (nSPS) is 19.1. The molecule has 1 aliphatic carbocycles. The number of hydrogen-bond donors (Lipinski definition) is 1. The van der Waals surface area contributed by atoms with E-state index in [1.54, 1.807) is 6.20 Å². The summed E-state index contributed by atoms with van der Waals surface area (Å²) < 4.78 is 27.5. The van der Waals surface area contributed by atoms with Crippen molar-refractivity contribution in [3.63, 3.8) is 0 Å². The first-order chi connectivity index (χ1) is 17.9. The van der Waals surface area contributed by atoms with Crippen LogP contribution in [0.25, 0.3) is 0 Å². The molecule has 1 aliphatic heterocycles. The van der Waals surface area contributed by atoms with Crippen LogP contribution in [0, 0.1) is 17.6 Å². The molecule has 37 heavy (non-hydrogen) atoms. The Morgan fingerprint density at radius 1 is 1.14 bits per heavy atom. The summed E-state index contributed by atoms with van der Waals surface area (Å²) in [5, 5.41) is 3.46. The Bertz CT molecular complexity index is 1280. The SMILES string of the molecule is CC1CCCN(c2ncc(C(=O)NCc3ccc(F)cc3F)c(C3(c4ccc(Cl)cc4)CCCC3)n2)C1. The molecule has 0 radical (unpaired) electrons. The van der Waals surface area contributed by atoms with E-state index in [0.717, 1.165) is 56.8 Å². The van der Waals surface area contributed by atoms with E-state index in [-0.39, 0.29) is 18.0 Å². The summed E-state index contributed by atoms with van der Waals surface area (Å²) in [5.74, 6) is -0.539. The number of carbonyl (C=O) groups excluding carboxylic acids is 1. The molecule has 1 amide bonds. The Labute approximate surface area is 221 Å². The van der Waals surface area contributed by atoms with E-state index in [1.807, 2.05) is 24.3 Å². The maximum atomic E-state index is 14.2. The van der Waals surface area contributed by atoms with Crippen LogP contribution in [0.4, 0.5) is 14.7 Å². The number of anilines is 1. The van der Waals surface area contributed by atoms with Gasteiger partial charge < -0.3 is 10.2 Å². The molecule has 5 nitrogen and oxygen atoms in total. The number of nitrogens with zero attached hydrogens (tertiary/aromatic N) is 3. The number of hydrogen-bond acceptors (Lipinski definition) is 4. The average molecular weight is 525 g/mol. The van der Waals surface area contributed by atoms with Crippen LogP contribution in [0.5, 0.6) is 0 Å². The predicted molar refractivity (Wildman–Crippen MR) is 141 cm³/mol. The summed E-state index contributed by atoms with van der Waals surface area (Å²) in [7, 11) is 0. The molecular formula is C29H31ClF2N4O. The first kappa shape index (κ1) is 25.6. The molecule has 2 fully saturated rings. The number of benzene rings is 2. The molecule has 5 rings (SSSR count). The van der Waals surface area contributed by atoms with Gasteiger partial charge in [0.15, 0.2) is 0 Å². The molecule has 1 aromatic heterocycles. The number of rotatable bonds is 6. The zero-order valence-electron chi connectivity index (χ0n) is 20.9. The number of amides is 1. The zero-order chi connectivity index (χ0) is 26.0. The number of piperidine rings is 1. The van der Waals surface area contributed by atoms with Crippen molar-refractivity contribution in [2.45, 2.75) is 57.4 Å². The minimum atomic E-state index is -0.695. The smallest absolute Gasteiger partial charge is 0.255 e. The molecule has 0 spiro atoms. The lowest BCUT2D eigenvalue weighted by Gasteiger charge is -2.34. The summed E-state index contributed by atoms with van der Waals surface area (Å²) in [5.41, 5.74) is 1.92. The highest BCUT2D eigenvalue weighted by Gasteiger charge is 2.42. The fraction of sp³-hybridized carbons (Fsp3) is 0.414. The quantitative estimate of drug-likeness (QED) is 0.403. The van der Waals surface area contributed by atoms with E-state index < -0.39 is 17.0 Å². The molecule has 1 saturated carbocycles. The topological polar surface area (TPSA) is 58.1 Å². The molecule has 1 atom stereocenters. The number of nitrogens with one attached hydrogen (secondary N) is 1. The van der Waals surface area contributed by atoms with Crippen molar-refractivity contribution in [2.75, 3.05) is 18.0 Å². The van der Waals surface area contributed by atoms with Crippen LogP contribution in [0.15, 0.2) is 48.7 Å². The van der Waals surface area contributed by atoms with Crippen LogP contribution in [0.2, 0.25) is 5.02 Å². The Morgan fingerprint density at radius 3 is 2.59 bits per heavy atom. The maximum Gasteiger partial charge on any atom is 0.255 e. The number of aromatic nitrogens is 2. The van der Waals surface area contributed by atoms with Crippen LogP contribution < -0.4 is 10.2 Å². The van der Waals surface area contributed by atoms with Crippen LogP contribution in [0.1, 0.15) is 72.6 Å². The van der Waals surface area contributed by atoms with Crippen molar-refractivity contribution >= 4 is 23.5 Å². The van der Waals surface area contributed by atoms with Gasteiger partial charge in [-0.2, -0.15) is 0 Å². The van der Waals surface area contributed by atoms with Gasteiger partial charge in [-0.05, 0) is 55.4 Å². The molecule has 1 unspecified atom stereocenters. The highest BCUT2D eigenvalue weighted by molar-refractivity contribution is 6.30. The number of halogens is 3. The van der Waals surface area contributed by atoms with Crippen LogP contribution in [-0.2, 0) is 12.0 Å². The van der Waals surface area contributed by atoms with E-state index in [1.165, 1.54) is 18.6 Å². The van der Waals surface area contributed by atoms with E-state index in [4.69, 9.17) is 16.6 Å². The van der Waals surface area contributed by atoms with Crippen molar-refractivity contribution in [3.05, 3.63) is 87.7 Å². The lowest BCUT2D eigenvalue weighted by atomic mass is 9.74. The molecule has 194 valence electrons. The third-order valence-electron chi connectivity index (χ3n) is 7.72. The summed E-state index contributed by atoms with van der Waals surface area (Å²) in [6, 6.07) is 11.1. The molecular weight excluding hydrogens is 494 g/mol. The van der Waals surface area contributed by atoms with Gasteiger partial charge in [0.25, 0.3) is 5.91 Å². The standard InChI is InChI=1S/C29H31ClF2N4O/c1-19-5-4-14-36(18-19)28-34-17-24(27(37)33-16-20-6-11-23(31)15-25(20)32)26(35-28)29(12-2-3-13-29)21-7-9-22(30)10-8-21/h6-11,15,17,19H,2-5,12-14,16,18H2,1H3,(H,33,37). The summed E-state index contributed by atoms with van der Waals surface area (Å²) in [4.78, 5) is 25.4. The first-order valence-corrected chi connectivity index (χ1v) is 13.3. The Balaban J connectivity index is 1.54. The van der Waals surface area contributed by atoms with Crippen molar-refractivity contribution in [1.29, 1.82) is 0 Å². The van der Waals surface area contributed by atoms with Gasteiger partial charge in [-0.1, -0.05) is 49.6 Å². The Kier molecular flexibility index (Phi) is 7.43. The maximum absolute atomic E-state index is 14.2. The van der Waals surface area contributed by atoms with Gasteiger partial charge >= 0.3 is 0 Å². The van der Waals surface area contributed by atoms with Crippen molar-refractivity contribution in [2.24, 2.45) is 5.92 Å². The summed E-state index contributed by atoms with van der Waals surface area (Å²) in [6.45, 7) is 3.93. The predicted octanol–water partition coefficient (Wildman–Crippen LogP) is 6.43. The fourth-order valence-corrected chi connectivity index (χ4v) is 5.90. The molecule has 8 heteroatoms. The lowest BCUT2D eigenvalue weighted by molar-refractivity contribution is 0.0947. The minimum Gasteiger partial charge on any atom is -0.348 e. The molecule has 0 bridgehead atoms. The molecule has 2 aromatic carbocycles. The van der Waals surface area contributed by atoms with E-state index in [2.05, 4.69) is 22.1 Å². The van der Waals surface area contributed by atoms with Crippen molar-refractivity contribution in [1.82, 2.24) is 15.3 Å². The highest BCUT2D eigenvalue weighted by Crippen LogP contribution is 2.47. The minimum absolute atomic E-state index is 0.0658. The summed E-state index contributed by atoms with van der Waals surface area (Å²) in [6.07, 6.45) is 7.62. The Hall–Kier alpha value is -3.06. The van der Waals surface area contributed by atoms with Gasteiger partial charge in [-0.15, -0.1) is 0 Å². The fourth-order valence-electron chi connectivity index (χ4n) is 5.77. The molecule has 2 heterocycles.